The monoisotopic (exact) mass is 305 g/mol. The number of imide groups is 1. The maximum Gasteiger partial charge on any atom is 0.340 e. The van der Waals surface area contributed by atoms with E-state index in [9.17, 15) is 14.4 Å². The van der Waals surface area contributed by atoms with E-state index in [1.165, 1.54) is 0 Å². The zero-order valence-electron chi connectivity index (χ0n) is 12.7. The van der Waals surface area contributed by atoms with Gasteiger partial charge in [0, 0.05) is 30.5 Å². The zero-order chi connectivity index (χ0) is 15.9. The van der Waals surface area contributed by atoms with Gasteiger partial charge in [0.15, 0.2) is 6.61 Å². The third-order valence-electron chi connectivity index (χ3n) is 4.10. The summed E-state index contributed by atoms with van der Waals surface area (Å²) >= 11 is 0. The van der Waals surface area contributed by atoms with Crippen molar-refractivity contribution in [1.82, 2.24) is 14.8 Å². The average molecular weight is 305 g/mol. The Labute approximate surface area is 128 Å². The summed E-state index contributed by atoms with van der Waals surface area (Å²) in [5.74, 6) is -1.02. The number of ether oxygens (including phenoxy) is 1. The van der Waals surface area contributed by atoms with E-state index in [1.807, 2.05) is 13.8 Å². The second-order valence-electron chi connectivity index (χ2n) is 5.74. The number of nitrogens with one attached hydrogen (secondary N) is 1. The first-order valence-corrected chi connectivity index (χ1v) is 7.42. The van der Waals surface area contributed by atoms with Crippen molar-refractivity contribution in [3.63, 3.8) is 0 Å². The summed E-state index contributed by atoms with van der Waals surface area (Å²) in [5.41, 5.74) is 2.39. The van der Waals surface area contributed by atoms with Gasteiger partial charge in [-0.25, -0.2) is 9.59 Å². The summed E-state index contributed by atoms with van der Waals surface area (Å²) < 4.78 is 7.22. The minimum Gasteiger partial charge on any atom is -0.452 e. The molecular weight excluding hydrogens is 286 g/mol. The topological polar surface area (TPSA) is 80.6 Å². The van der Waals surface area contributed by atoms with Gasteiger partial charge in [-0.05, 0) is 32.8 Å². The van der Waals surface area contributed by atoms with E-state index in [4.69, 9.17) is 4.74 Å². The average Bonchev–Trinajstić information content (AvgIpc) is 3.14. The Hall–Kier alpha value is -2.31. The Morgan fingerprint density at radius 2 is 2.09 bits per heavy atom. The van der Waals surface area contributed by atoms with Gasteiger partial charge in [0.25, 0.3) is 5.91 Å². The molecule has 118 valence electrons. The van der Waals surface area contributed by atoms with Crippen LogP contribution in [-0.2, 0) is 9.53 Å². The smallest absolute Gasteiger partial charge is 0.340 e. The fraction of sp³-hybridized carbons (Fsp3) is 0.533. The number of amides is 3. The predicted octanol–water partition coefficient (Wildman–Crippen LogP) is 1.15. The number of hydrogen-bond donors (Lipinski definition) is 1. The van der Waals surface area contributed by atoms with Gasteiger partial charge in [0.1, 0.15) is 0 Å². The maximum absolute atomic E-state index is 12.2. The summed E-state index contributed by atoms with van der Waals surface area (Å²) in [5, 5.41) is 2.53. The lowest BCUT2D eigenvalue weighted by Gasteiger charge is -2.12. The summed E-state index contributed by atoms with van der Waals surface area (Å²) in [6.45, 7) is 4.17. The lowest BCUT2D eigenvalue weighted by Crippen LogP contribution is -2.37. The van der Waals surface area contributed by atoms with Gasteiger partial charge < -0.3 is 14.6 Å². The van der Waals surface area contributed by atoms with E-state index in [2.05, 4.69) is 9.88 Å². The van der Waals surface area contributed by atoms with Gasteiger partial charge in [0.05, 0.1) is 5.56 Å². The van der Waals surface area contributed by atoms with Crippen LogP contribution in [0.25, 0.3) is 0 Å². The number of esters is 1. The molecule has 22 heavy (non-hydrogen) atoms. The maximum atomic E-state index is 12.2. The summed E-state index contributed by atoms with van der Waals surface area (Å²) in [6.07, 6.45) is 2.26. The highest BCUT2D eigenvalue weighted by atomic mass is 16.5. The highest BCUT2D eigenvalue weighted by Crippen LogP contribution is 2.38. The molecule has 1 saturated heterocycles. The molecule has 0 atom stereocenters. The number of urea groups is 1. The van der Waals surface area contributed by atoms with Crippen molar-refractivity contribution in [2.24, 2.45) is 0 Å². The molecule has 0 bridgehead atoms. The van der Waals surface area contributed by atoms with E-state index in [0.717, 1.165) is 29.1 Å². The summed E-state index contributed by atoms with van der Waals surface area (Å²) in [4.78, 5) is 36.4. The third-order valence-corrected chi connectivity index (χ3v) is 4.10. The number of carbonyl (C=O) groups excluding carboxylic acids is 3. The molecule has 0 unspecified atom stereocenters. The third kappa shape index (κ3) is 2.58. The molecule has 2 heterocycles. The van der Waals surface area contributed by atoms with Crippen LogP contribution in [0.5, 0.6) is 0 Å². The van der Waals surface area contributed by atoms with Crippen LogP contribution in [0.1, 0.15) is 40.6 Å². The molecule has 1 aromatic heterocycles. The van der Waals surface area contributed by atoms with Crippen LogP contribution < -0.4 is 5.32 Å². The van der Waals surface area contributed by atoms with Gasteiger partial charge in [-0.15, -0.1) is 0 Å². The number of nitrogens with zero attached hydrogens (tertiary/aromatic N) is 2. The molecule has 1 aliphatic heterocycles. The first kappa shape index (κ1) is 14.6. The van der Waals surface area contributed by atoms with Crippen LogP contribution in [0.2, 0.25) is 0 Å². The van der Waals surface area contributed by atoms with Gasteiger partial charge in [0.2, 0.25) is 0 Å². The van der Waals surface area contributed by atoms with E-state index in [1.54, 1.807) is 6.07 Å². The summed E-state index contributed by atoms with van der Waals surface area (Å²) in [6, 6.07) is 1.84. The van der Waals surface area contributed by atoms with Crippen LogP contribution in [0.4, 0.5) is 4.79 Å². The molecule has 0 spiro atoms. The number of hydrogen-bond acceptors (Lipinski definition) is 4. The molecule has 2 aliphatic rings. The standard InChI is InChI=1S/C15H19N3O4/c1-9-7-12(10(2)18(9)11-3-4-11)14(20)22-8-13(19)17-6-5-16-15(17)21/h7,11H,3-6,8H2,1-2H3,(H,16,21). The molecule has 7 nitrogen and oxygen atoms in total. The van der Waals surface area contributed by atoms with Gasteiger partial charge in [-0.1, -0.05) is 0 Å². The van der Waals surface area contributed by atoms with Crippen molar-refractivity contribution in [3.05, 3.63) is 23.0 Å². The van der Waals surface area contributed by atoms with E-state index < -0.39 is 24.5 Å². The predicted molar refractivity (Wildman–Crippen MR) is 77.6 cm³/mol. The SMILES string of the molecule is Cc1cc(C(=O)OCC(=O)N2CCNC2=O)c(C)n1C1CC1. The van der Waals surface area contributed by atoms with Gasteiger partial charge >= 0.3 is 12.0 Å². The first-order valence-electron chi connectivity index (χ1n) is 7.42. The lowest BCUT2D eigenvalue weighted by atomic mass is 10.2. The number of carbonyl (C=O) groups is 3. The van der Waals surface area contributed by atoms with Crippen molar-refractivity contribution >= 4 is 17.9 Å². The van der Waals surface area contributed by atoms with Crippen LogP contribution in [0.15, 0.2) is 6.07 Å². The Kier molecular flexibility index (Phi) is 3.64. The highest BCUT2D eigenvalue weighted by molar-refractivity contribution is 5.98. The van der Waals surface area contributed by atoms with Crippen molar-refractivity contribution in [3.8, 4) is 0 Å². The van der Waals surface area contributed by atoms with Crippen molar-refractivity contribution in [2.45, 2.75) is 32.7 Å². The molecule has 1 aliphatic carbocycles. The van der Waals surface area contributed by atoms with Crippen molar-refractivity contribution in [2.75, 3.05) is 19.7 Å². The Morgan fingerprint density at radius 3 is 2.68 bits per heavy atom. The normalized spacial score (nSPS) is 17.5. The van der Waals surface area contributed by atoms with Crippen LogP contribution in [0, 0.1) is 13.8 Å². The molecule has 1 saturated carbocycles. The lowest BCUT2D eigenvalue weighted by molar-refractivity contribution is -0.130. The number of aromatic nitrogens is 1. The second-order valence-corrected chi connectivity index (χ2v) is 5.74. The minimum absolute atomic E-state index is 0.311. The largest absolute Gasteiger partial charge is 0.452 e. The molecule has 3 rings (SSSR count). The molecule has 2 fully saturated rings. The molecular formula is C15H19N3O4. The van der Waals surface area contributed by atoms with E-state index >= 15 is 0 Å². The Morgan fingerprint density at radius 1 is 1.36 bits per heavy atom. The molecule has 3 amide bonds. The Bertz CT molecular complexity index is 645. The molecule has 1 aromatic rings. The van der Waals surface area contributed by atoms with Crippen LogP contribution in [-0.4, -0.2) is 47.1 Å². The molecule has 7 heteroatoms. The quantitative estimate of drug-likeness (QED) is 0.846. The molecule has 0 radical (unpaired) electrons. The van der Waals surface area contributed by atoms with Crippen LogP contribution in [0.3, 0.4) is 0 Å². The van der Waals surface area contributed by atoms with Crippen LogP contribution >= 0.6 is 0 Å². The zero-order valence-corrected chi connectivity index (χ0v) is 12.7. The van der Waals surface area contributed by atoms with Gasteiger partial charge in [-0.3, -0.25) is 9.69 Å². The van der Waals surface area contributed by atoms with E-state index in [0.29, 0.717) is 24.7 Å². The minimum atomic E-state index is -0.520. The highest BCUT2D eigenvalue weighted by Gasteiger charge is 2.30. The fourth-order valence-corrected chi connectivity index (χ4v) is 2.87. The summed E-state index contributed by atoms with van der Waals surface area (Å²) in [7, 11) is 0. The van der Waals surface area contributed by atoms with Crippen molar-refractivity contribution < 1.29 is 19.1 Å². The molecule has 0 aromatic carbocycles. The first-order chi connectivity index (χ1) is 10.5. The molecule has 1 N–H and O–H groups in total. The van der Waals surface area contributed by atoms with Gasteiger partial charge in [-0.2, -0.15) is 0 Å². The Balaban J connectivity index is 1.64. The van der Waals surface area contributed by atoms with Crippen molar-refractivity contribution in [1.29, 1.82) is 0 Å². The fourth-order valence-electron chi connectivity index (χ4n) is 2.87. The number of aryl methyl sites for hydroxylation is 1. The second kappa shape index (κ2) is 5.47. The number of rotatable bonds is 4. The van der Waals surface area contributed by atoms with E-state index in [-0.39, 0.29) is 0 Å².